The largest absolute Gasteiger partial charge is 0.232 e. The predicted octanol–water partition coefficient (Wildman–Crippen LogP) is 5.62. The van der Waals surface area contributed by atoms with Gasteiger partial charge in [-0.25, -0.2) is 4.68 Å². The minimum Gasteiger partial charge on any atom is -0.232 e. The first-order valence-electron chi connectivity index (χ1n) is 8.25. The summed E-state index contributed by atoms with van der Waals surface area (Å²) in [5, 5.41) is 6.13. The van der Waals surface area contributed by atoms with Crippen LogP contribution in [0.25, 0.3) is 27.8 Å². The Balaban J connectivity index is 1.98. The summed E-state index contributed by atoms with van der Waals surface area (Å²) in [6.45, 7) is 6.33. The van der Waals surface area contributed by atoms with E-state index >= 15 is 0 Å². The first-order chi connectivity index (χ1) is 11.6. The third kappa shape index (κ3) is 2.50. The molecule has 118 valence electrons. The van der Waals surface area contributed by atoms with E-state index in [4.69, 9.17) is 5.10 Å². The summed E-state index contributed by atoms with van der Waals surface area (Å²) >= 11 is 0. The fourth-order valence-electron chi connectivity index (χ4n) is 3.03. The highest BCUT2D eigenvalue weighted by Crippen LogP contribution is 2.30. The van der Waals surface area contributed by atoms with Crippen LogP contribution in [0, 0.1) is 20.8 Å². The van der Waals surface area contributed by atoms with E-state index in [1.165, 1.54) is 22.1 Å². The highest BCUT2D eigenvalue weighted by Gasteiger charge is 2.13. The first kappa shape index (κ1) is 14.7. The van der Waals surface area contributed by atoms with Gasteiger partial charge in [-0.15, -0.1) is 0 Å². The van der Waals surface area contributed by atoms with Crippen LogP contribution in [-0.2, 0) is 0 Å². The SMILES string of the molecule is Cc1ccc(-c2nn(-c3ccc(C)cc3)c3cc(C)ccc23)cc1. The average Bonchev–Trinajstić information content (AvgIpc) is 2.95. The second-order valence-electron chi connectivity index (χ2n) is 6.48. The highest BCUT2D eigenvalue weighted by molar-refractivity contribution is 5.94. The monoisotopic (exact) mass is 312 g/mol. The number of hydrogen-bond donors (Lipinski definition) is 0. The van der Waals surface area contributed by atoms with Crippen molar-refractivity contribution in [2.75, 3.05) is 0 Å². The van der Waals surface area contributed by atoms with Gasteiger partial charge in [-0.2, -0.15) is 5.10 Å². The molecule has 2 heteroatoms. The van der Waals surface area contributed by atoms with Crippen LogP contribution in [0.3, 0.4) is 0 Å². The highest BCUT2D eigenvalue weighted by atomic mass is 15.3. The summed E-state index contributed by atoms with van der Waals surface area (Å²) in [6, 6.07) is 23.6. The molecule has 2 nitrogen and oxygen atoms in total. The van der Waals surface area contributed by atoms with Gasteiger partial charge in [-0.05, 0) is 44.5 Å². The number of benzene rings is 3. The van der Waals surface area contributed by atoms with Crippen LogP contribution in [0.4, 0.5) is 0 Å². The topological polar surface area (TPSA) is 17.8 Å². The van der Waals surface area contributed by atoms with E-state index in [0.717, 1.165) is 22.5 Å². The Hall–Kier alpha value is -2.87. The van der Waals surface area contributed by atoms with Crippen LogP contribution in [0.2, 0.25) is 0 Å². The minimum absolute atomic E-state index is 1.03. The van der Waals surface area contributed by atoms with Gasteiger partial charge in [-0.3, -0.25) is 0 Å². The first-order valence-corrected chi connectivity index (χ1v) is 8.25. The van der Waals surface area contributed by atoms with Gasteiger partial charge < -0.3 is 0 Å². The second kappa shape index (κ2) is 5.64. The van der Waals surface area contributed by atoms with E-state index in [9.17, 15) is 0 Å². The number of hydrogen-bond acceptors (Lipinski definition) is 1. The predicted molar refractivity (Wildman–Crippen MR) is 101 cm³/mol. The molecule has 0 N–H and O–H groups in total. The molecule has 0 bridgehead atoms. The second-order valence-corrected chi connectivity index (χ2v) is 6.48. The molecule has 0 saturated carbocycles. The Morgan fingerprint density at radius 2 is 1.25 bits per heavy atom. The molecule has 4 aromatic rings. The van der Waals surface area contributed by atoms with Crippen LogP contribution in [0.1, 0.15) is 16.7 Å². The van der Waals surface area contributed by atoms with Gasteiger partial charge in [-0.1, -0.05) is 59.7 Å². The Bertz CT molecular complexity index is 1010. The Labute approximate surface area is 142 Å². The van der Waals surface area contributed by atoms with Crippen molar-refractivity contribution < 1.29 is 0 Å². The molecular formula is C22H20N2. The van der Waals surface area contributed by atoms with Crippen molar-refractivity contribution in [1.82, 2.24) is 9.78 Å². The lowest BCUT2D eigenvalue weighted by Crippen LogP contribution is -1.96. The lowest BCUT2D eigenvalue weighted by molar-refractivity contribution is 0.914. The zero-order chi connectivity index (χ0) is 16.7. The van der Waals surface area contributed by atoms with E-state index in [1.54, 1.807) is 0 Å². The zero-order valence-electron chi connectivity index (χ0n) is 14.2. The van der Waals surface area contributed by atoms with Gasteiger partial charge in [0.2, 0.25) is 0 Å². The average molecular weight is 312 g/mol. The fourth-order valence-corrected chi connectivity index (χ4v) is 3.03. The lowest BCUT2D eigenvalue weighted by Gasteiger charge is -2.04. The van der Waals surface area contributed by atoms with E-state index < -0.39 is 0 Å². The van der Waals surface area contributed by atoms with E-state index in [-0.39, 0.29) is 0 Å². The molecule has 4 rings (SSSR count). The third-order valence-corrected chi connectivity index (χ3v) is 4.44. The van der Waals surface area contributed by atoms with Crippen molar-refractivity contribution in [3.8, 4) is 16.9 Å². The molecule has 0 spiro atoms. The number of rotatable bonds is 2. The molecule has 0 amide bonds. The standard InChI is InChI=1S/C22H20N2/c1-15-4-9-18(10-5-15)22-20-13-8-17(3)14-21(20)24(23-22)19-11-6-16(2)7-12-19/h4-14H,1-3H3. The molecule has 24 heavy (non-hydrogen) atoms. The van der Waals surface area contributed by atoms with Crippen molar-refractivity contribution in [2.45, 2.75) is 20.8 Å². The summed E-state index contributed by atoms with van der Waals surface area (Å²) in [5.74, 6) is 0. The molecule has 0 fully saturated rings. The van der Waals surface area contributed by atoms with Crippen LogP contribution < -0.4 is 0 Å². The van der Waals surface area contributed by atoms with Crippen LogP contribution in [0.15, 0.2) is 66.7 Å². The number of aryl methyl sites for hydroxylation is 3. The van der Waals surface area contributed by atoms with Gasteiger partial charge in [0.05, 0.1) is 11.2 Å². The zero-order valence-corrected chi connectivity index (χ0v) is 14.2. The van der Waals surface area contributed by atoms with Crippen LogP contribution >= 0.6 is 0 Å². The fraction of sp³-hybridized carbons (Fsp3) is 0.136. The number of nitrogens with zero attached hydrogens (tertiary/aromatic N) is 2. The maximum Gasteiger partial charge on any atom is 0.101 e. The molecule has 0 radical (unpaired) electrons. The van der Waals surface area contributed by atoms with Gasteiger partial charge >= 0.3 is 0 Å². The van der Waals surface area contributed by atoms with Gasteiger partial charge in [0.25, 0.3) is 0 Å². The molecule has 1 heterocycles. The maximum absolute atomic E-state index is 4.95. The molecule has 3 aromatic carbocycles. The Morgan fingerprint density at radius 1 is 0.667 bits per heavy atom. The summed E-state index contributed by atoms with van der Waals surface area (Å²) < 4.78 is 2.05. The van der Waals surface area contributed by atoms with Crippen LogP contribution in [0.5, 0.6) is 0 Å². The van der Waals surface area contributed by atoms with Crippen LogP contribution in [-0.4, -0.2) is 9.78 Å². The normalized spacial score (nSPS) is 11.1. The smallest absolute Gasteiger partial charge is 0.101 e. The van der Waals surface area contributed by atoms with Gasteiger partial charge in [0.15, 0.2) is 0 Å². The van der Waals surface area contributed by atoms with Gasteiger partial charge in [0, 0.05) is 10.9 Å². The molecule has 0 aliphatic carbocycles. The molecule has 0 aliphatic rings. The molecular weight excluding hydrogens is 292 g/mol. The molecule has 0 saturated heterocycles. The maximum atomic E-state index is 4.95. The summed E-state index contributed by atoms with van der Waals surface area (Å²) in [5.41, 5.74) is 8.18. The summed E-state index contributed by atoms with van der Waals surface area (Å²) in [6.07, 6.45) is 0. The van der Waals surface area contributed by atoms with Crippen molar-refractivity contribution >= 4 is 10.9 Å². The number of aromatic nitrogens is 2. The lowest BCUT2D eigenvalue weighted by atomic mass is 10.1. The minimum atomic E-state index is 1.03. The van der Waals surface area contributed by atoms with Crippen molar-refractivity contribution in [3.05, 3.63) is 83.4 Å². The van der Waals surface area contributed by atoms with Crippen molar-refractivity contribution in [1.29, 1.82) is 0 Å². The Kier molecular flexibility index (Phi) is 3.46. The summed E-state index contributed by atoms with van der Waals surface area (Å²) in [7, 11) is 0. The van der Waals surface area contributed by atoms with E-state index in [2.05, 4.69) is 92.2 Å². The molecule has 0 aliphatic heterocycles. The van der Waals surface area contributed by atoms with E-state index in [1.807, 2.05) is 0 Å². The van der Waals surface area contributed by atoms with Crippen molar-refractivity contribution in [2.24, 2.45) is 0 Å². The summed E-state index contributed by atoms with van der Waals surface area (Å²) in [4.78, 5) is 0. The van der Waals surface area contributed by atoms with E-state index in [0.29, 0.717) is 0 Å². The quantitative estimate of drug-likeness (QED) is 0.470. The Morgan fingerprint density at radius 3 is 1.92 bits per heavy atom. The molecule has 1 aromatic heterocycles. The third-order valence-electron chi connectivity index (χ3n) is 4.44. The van der Waals surface area contributed by atoms with Gasteiger partial charge in [0.1, 0.15) is 5.69 Å². The number of fused-ring (bicyclic) bond motifs is 1. The van der Waals surface area contributed by atoms with Crippen molar-refractivity contribution in [3.63, 3.8) is 0 Å². The molecule has 0 atom stereocenters. The molecule has 0 unspecified atom stereocenters.